The zero-order valence-electron chi connectivity index (χ0n) is 32.2. The highest BCUT2D eigenvalue weighted by atomic mass is 16.7. The maximum Gasteiger partial charge on any atom is 0.310 e. The summed E-state index contributed by atoms with van der Waals surface area (Å²) in [5, 5.41) is 125. The SMILES string of the molecule is O=C(OC[C@H]1O[C@@H](Oc2ccc(O)cc2)[C@H](O)[C@@H](O)[C@@H]1O)[C@H]1[C@H](C(=O)OC[C@H]2O[C@@H](Oc3ccc(O)cc3)[C@H](O)[C@@H](O)[C@@H]2O)[C@H](c2ccc(O)c(O)c2)[C@H]1c1ccc(O)c(O)c1. The van der Waals surface area contributed by atoms with Gasteiger partial charge >= 0.3 is 11.9 Å². The van der Waals surface area contributed by atoms with Gasteiger partial charge in [0.05, 0.1) is 11.8 Å². The van der Waals surface area contributed by atoms with E-state index in [0.717, 1.165) is 24.3 Å². The van der Waals surface area contributed by atoms with Gasteiger partial charge in [0.25, 0.3) is 0 Å². The molecule has 20 heteroatoms. The number of hydrogen-bond donors (Lipinski definition) is 12. The molecule has 62 heavy (non-hydrogen) atoms. The Labute approximate surface area is 351 Å². The Hall–Kier alpha value is -6.10. The van der Waals surface area contributed by atoms with Crippen LogP contribution in [0.4, 0.5) is 0 Å². The molecule has 3 aliphatic rings. The second kappa shape index (κ2) is 18.1. The highest BCUT2D eigenvalue weighted by Crippen LogP contribution is 2.60. The van der Waals surface area contributed by atoms with E-state index in [0.29, 0.717) is 0 Å². The predicted octanol–water partition coefficient (Wildman–Crippen LogP) is -0.107. The van der Waals surface area contributed by atoms with Crippen molar-refractivity contribution in [1.82, 2.24) is 0 Å². The molecule has 12 N–H and O–H groups in total. The number of aliphatic hydroxyl groups is 6. The van der Waals surface area contributed by atoms with Gasteiger partial charge in [0.1, 0.15) is 85.0 Å². The number of esters is 2. The smallest absolute Gasteiger partial charge is 0.310 e. The molecule has 332 valence electrons. The fraction of sp³-hybridized carbons (Fsp3) is 0.381. The van der Waals surface area contributed by atoms with E-state index < -0.39 is 133 Å². The van der Waals surface area contributed by atoms with Gasteiger partial charge < -0.3 is 89.7 Å². The Bertz CT molecular complexity index is 2050. The lowest BCUT2D eigenvalue weighted by atomic mass is 9.52. The van der Waals surface area contributed by atoms with Crippen molar-refractivity contribution in [1.29, 1.82) is 0 Å². The standard InChI is InChI=1S/C42H44O20/c43-19-3-7-21(8-4-19)59-41-37(53)35(51)33(49)27(61-41)15-57-39(55)31-29(17-1-11-23(45)25(47)13-17)30(18-2-12-24(46)26(48)14-18)32(31)40(56)58-16-28-34(50)36(52)38(54)42(62-28)60-22-9-5-20(44)6-10-22/h1-14,27-38,41-54H,15-16H2/t27-,28-,29-,30-,31-,32-,33-,34-,35+,36+,37-,38-,41-,42-/m1/s1. The van der Waals surface area contributed by atoms with Crippen LogP contribution in [-0.4, -0.2) is 148 Å². The predicted molar refractivity (Wildman–Crippen MR) is 205 cm³/mol. The fourth-order valence-electron chi connectivity index (χ4n) is 7.80. The van der Waals surface area contributed by atoms with E-state index in [2.05, 4.69) is 0 Å². The van der Waals surface area contributed by atoms with E-state index in [1.807, 2.05) is 0 Å². The molecule has 1 aliphatic carbocycles. The Morgan fingerprint density at radius 3 is 1.15 bits per heavy atom. The summed E-state index contributed by atoms with van der Waals surface area (Å²) in [4.78, 5) is 28.5. The number of carbonyl (C=O) groups is 2. The minimum absolute atomic E-state index is 0.0880. The molecule has 4 aromatic carbocycles. The van der Waals surface area contributed by atoms with Crippen LogP contribution in [0.15, 0.2) is 84.9 Å². The van der Waals surface area contributed by atoms with Crippen molar-refractivity contribution < 1.29 is 99.3 Å². The van der Waals surface area contributed by atoms with Gasteiger partial charge in [-0.05, 0) is 83.9 Å². The first-order valence-corrected chi connectivity index (χ1v) is 19.2. The number of phenolic OH excluding ortho intramolecular Hbond substituents is 6. The topological polar surface area (TPSA) is 332 Å². The molecule has 14 atom stereocenters. The van der Waals surface area contributed by atoms with Gasteiger partial charge in [0.2, 0.25) is 12.6 Å². The molecule has 20 nitrogen and oxygen atoms in total. The van der Waals surface area contributed by atoms with Gasteiger partial charge in [-0.2, -0.15) is 0 Å². The van der Waals surface area contributed by atoms with Gasteiger partial charge in [-0.1, -0.05) is 12.1 Å². The molecule has 2 aliphatic heterocycles. The van der Waals surface area contributed by atoms with Gasteiger partial charge in [-0.15, -0.1) is 0 Å². The summed E-state index contributed by atoms with van der Waals surface area (Å²) in [6, 6.07) is 17.8. The summed E-state index contributed by atoms with van der Waals surface area (Å²) in [5.41, 5.74) is 0.382. The monoisotopic (exact) mass is 868 g/mol. The largest absolute Gasteiger partial charge is 0.508 e. The average molecular weight is 869 g/mol. The third-order valence-corrected chi connectivity index (χ3v) is 11.2. The van der Waals surface area contributed by atoms with Crippen LogP contribution in [0.5, 0.6) is 46.0 Å². The van der Waals surface area contributed by atoms with E-state index >= 15 is 0 Å². The van der Waals surface area contributed by atoms with Crippen molar-refractivity contribution in [2.24, 2.45) is 11.8 Å². The third-order valence-electron chi connectivity index (χ3n) is 11.2. The lowest BCUT2D eigenvalue weighted by molar-refractivity contribution is -0.279. The molecule has 0 amide bonds. The average Bonchev–Trinajstić information content (AvgIpc) is 3.24. The van der Waals surface area contributed by atoms with E-state index in [1.165, 1.54) is 60.7 Å². The van der Waals surface area contributed by atoms with Crippen LogP contribution in [0.3, 0.4) is 0 Å². The number of hydrogen-bond acceptors (Lipinski definition) is 20. The lowest BCUT2D eigenvalue weighted by Crippen LogP contribution is -2.61. The summed E-state index contributed by atoms with van der Waals surface area (Å²) >= 11 is 0. The molecule has 2 saturated heterocycles. The van der Waals surface area contributed by atoms with Gasteiger partial charge in [-0.3, -0.25) is 9.59 Å². The minimum Gasteiger partial charge on any atom is -0.508 e. The molecule has 0 radical (unpaired) electrons. The van der Waals surface area contributed by atoms with Crippen LogP contribution in [0, 0.1) is 11.8 Å². The molecule has 1 saturated carbocycles. The Morgan fingerprint density at radius 1 is 0.452 bits per heavy atom. The molecule has 0 bridgehead atoms. The van der Waals surface area contributed by atoms with Crippen LogP contribution >= 0.6 is 0 Å². The van der Waals surface area contributed by atoms with Gasteiger partial charge in [0, 0.05) is 11.8 Å². The highest BCUT2D eigenvalue weighted by molar-refractivity contribution is 5.87. The molecule has 7 rings (SSSR count). The van der Waals surface area contributed by atoms with Crippen molar-refractivity contribution >= 4 is 11.9 Å². The quantitative estimate of drug-likeness (QED) is 0.0653. The normalized spacial score (nSPS) is 31.9. The number of phenols is 6. The zero-order chi connectivity index (χ0) is 44.6. The molecule has 2 heterocycles. The van der Waals surface area contributed by atoms with Crippen molar-refractivity contribution in [3.63, 3.8) is 0 Å². The molecule has 4 aromatic rings. The van der Waals surface area contributed by atoms with Crippen LogP contribution in [0.2, 0.25) is 0 Å². The maximum absolute atomic E-state index is 14.3. The maximum atomic E-state index is 14.3. The van der Waals surface area contributed by atoms with Crippen molar-refractivity contribution in [2.75, 3.05) is 13.2 Å². The highest BCUT2D eigenvalue weighted by Gasteiger charge is 2.60. The number of carbonyl (C=O) groups excluding carboxylic acids is 2. The van der Waals surface area contributed by atoms with Crippen molar-refractivity contribution in [3.05, 3.63) is 96.1 Å². The second-order valence-electron chi connectivity index (χ2n) is 15.1. The van der Waals surface area contributed by atoms with Crippen LogP contribution in [0.1, 0.15) is 23.0 Å². The van der Waals surface area contributed by atoms with Gasteiger partial charge in [0.15, 0.2) is 23.0 Å². The first-order chi connectivity index (χ1) is 29.5. The molecular formula is C42H44O20. The Kier molecular flexibility index (Phi) is 12.8. The lowest BCUT2D eigenvalue weighted by Gasteiger charge is -2.50. The van der Waals surface area contributed by atoms with Crippen LogP contribution < -0.4 is 9.47 Å². The van der Waals surface area contributed by atoms with Crippen molar-refractivity contribution in [3.8, 4) is 46.0 Å². The molecule has 3 fully saturated rings. The fourth-order valence-corrected chi connectivity index (χ4v) is 7.80. The number of aromatic hydroxyl groups is 6. The molecule has 0 aromatic heterocycles. The number of benzene rings is 4. The summed E-state index contributed by atoms with van der Waals surface area (Å²) in [7, 11) is 0. The first-order valence-electron chi connectivity index (χ1n) is 19.2. The Morgan fingerprint density at radius 2 is 0.806 bits per heavy atom. The number of aliphatic hydroxyl groups excluding tert-OH is 6. The molecule has 0 spiro atoms. The summed E-state index contributed by atoms with van der Waals surface area (Å²) < 4.78 is 33.8. The summed E-state index contributed by atoms with van der Waals surface area (Å²) in [6.07, 6.45) is -17.2. The first kappa shape index (κ1) is 44.0. The van der Waals surface area contributed by atoms with E-state index in [-0.39, 0.29) is 34.1 Å². The summed E-state index contributed by atoms with van der Waals surface area (Å²) in [5.74, 6) is -9.60. The van der Waals surface area contributed by atoms with Crippen LogP contribution in [0.25, 0.3) is 0 Å². The third kappa shape index (κ3) is 8.94. The minimum atomic E-state index is -1.86. The van der Waals surface area contributed by atoms with E-state index in [9.17, 15) is 70.9 Å². The second-order valence-corrected chi connectivity index (χ2v) is 15.1. The summed E-state index contributed by atoms with van der Waals surface area (Å²) in [6.45, 7) is -1.55. The van der Waals surface area contributed by atoms with Crippen molar-refractivity contribution in [2.45, 2.75) is 73.2 Å². The van der Waals surface area contributed by atoms with Gasteiger partial charge in [-0.25, -0.2) is 0 Å². The zero-order valence-corrected chi connectivity index (χ0v) is 32.2. The van der Waals surface area contributed by atoms with E-state index in [4.69, 9.17) is 28.4 Å². The Balaban J connectivity index is 1.15. The van der Waals surface area contributed by atoms with E-state index in [1.54, 1.807) is 0 Å². The molecule has 0 unspecified atom stereocenters. The number of rotatable bonds is 12. The number of ether oxygens (including phenoxy) is 6. The van der Waals surface area contributed by atoms with Crippen LogP contribution in [-0.2, 0) is 28.5 Å². The molecular weight excluding hydrogens is 824 g/mol.